The maximum absolute atomic E-state index is 13.7. The lowest BCUT2D eigenvalue weighted by atomic mass is 9.76. The molecule has 7 heteroatoms. The number of nitrogens with one attached hydrogen (secondary N) is 2. The fraction of sp³-hybridized carbons (Fsp3) is 0.296. The van der Waals surface area contributed by atoms with E-state index in [2.05, 4.69) is 10.3 Å². The summed E-state index contributed by atoms with van der Waals surface area (Å²) in [5.41, 5.74) is 4.67. The summed E-state index contributed by atoms with van der Waals surface area (Å²) >= 11 is 0. The number of aliphatic hydroxyl groups excluding tert-OH is 1. The van der Waals surface area contributed by atoms with Crippen LogP contribution in [-0.4, -0.2) is 66.7 Å². The zero-order valence-corrected chi connectivity index (χ0v) is 19.4. The summed E-state index contributed by atoms with van der Waals surface area (Å²) in [6.45, 7) is 4.13. The van der Waals surface area contributed by atoms with Crippen molar-refractivity contribution in [3.63, 3.8) is 0 Å². The molecule has 1 unspecified atom stereocenters. The summed E-state index contributed by atoms with van der Waals surface area (Å²) in [6, 6.07) is 12.8. The first kappa shape index (κ1) is 22.3. The Morgan fingerprint density at radius 1 is 1.03 bits per heavy atom. The number of benzene rings is 2. The summed E-state index contributed by atoms with van der Waals surface area (Å²) < 4.78 is 6.29. The topological polar surface area (TPSA) is 92.8 Å². The van der Waals surface area contributed by atoms with Gasteiger partial charge in [-0.1, -0.05) is 36.4 Å². The molecule has 174 valence electrons. The number of ketones is 2. The molecule has 3 N–H and O–H groups in total. The van der Waals surface area contributed by atoms with Crippen LogP contribution >= 0.6 is 0 Å². The summed E-state index contributed by atoms with van der Waals surface area (Å²) in [5.74, 6) is 0.382. The van der Waals surface area contributed by atoms with E-state index < -0.39 is 6.10 Å². The van der Waals surface area contributed by atoms with Gasteiger partial charge in [-0.25, -0.2) is 4.99 Å². The largest absolute Gasteiger partial charge is 0.468 e. The Hall–Kier alpha value is -3.55. The lowest BCUT2D eigenvalue weighted by Gasteiger charge is -2.30. The first-order valence-corrected chi connectivity index (χ1v) is 11.6. The van der Waals surface area contributed by atoms with Crippen LogP contribution in [-0.2, 0) is 0 Å². The first-order chi connectivity index (χ1) is 16.5. The van der Waals surface area contributed by atoms with Crippen molar-refractivity contribution in [2.75, 3.05) is 33.3 Å². The van der Waals surface area contributed by atoms with Crippen LogP contribution < -0.4 is 15.0 Å². The Balaban J connectivity index is 1.54. The molecule has 0 spiro atoms. The molecule has 1 atom stereocenters. The van der Waals surface area contributed by atoms with Gasteiger partial charge in [0.15, 0.2) is 11.5 Å². The predicted molar refractivity (Wildman–Crippen MR) is 129 cm³/mol. The van der Waals surface area contributed by atoms with Crippen molar-refractivity contribution < 1.29 is 24.4 Å². The van der Waals surface area contributed by atoms with Gasteiger partial charge in [-0.15, -0.1) is 0 Å². The van der Waals surface area contributed by atoms with E-state index in [-0.39, 0.29) is 18.2 Å². The molecule has 1 aliphatic heterocycles. The molecule has 0 fully saturated rings. The van der Waals surface area contributed by atoms with Gasteiger partial charge in [0.2, 0.25) is 23.3 Å². The van der Waals surface area contributed by atoms with Gasteiger partial charge in [-0.3, -0.25) is 9.59 Å². The van der Waals surface area contributed by atoms with Crippen molar-refractivity contribution in [1.29, 1.82) is 0 Å². The molecule has 7 nitrogen and oxygen atoms in total. The van der Waals surface area contributed by atoms with Crippen molar-refractivity contribution in [1.82, 2.24) is 10.2 Å². The molecule has 0 saturated carbocycles. The average Bonchev–Trinajstić information content (AvgIpc) is 2.84. The SMILES string of the molecule is Cc1cccc2c1[NH+]=C1C3=C(C(=O)c4ccccc4C3=O)C(NCCCN(C)CCO)=CC1O2. The molecule has 1 heterocycles. The minimum atomic E-state index is -0.505. The van der Waals surface area contributed by atoms with Gasteiger partial charge >= 0.3 is 0 Å². The fourth-order valence-electron chi connectivity index (χ4n) is 4.75. The van der Waals surface area contributed by atoms with Crippen LogP contribution in [0.3, 0.4) is 0 Å². The summed E-state index contributed by atoms with van der Waals surface area (Å²) in [4.78, 5) is 32.8. The van der Waals surface area contributed by atoms with Crippen molar-refractivity contribution in [2.45, 2.75) is 19.4 Å². The van der Waals surface area contributed by atoms with Crippen molar-refractivity contribution in [3.8, 4) is 5.75 Å². The Morgan fingerprint density at radius 2 is 1.76 bits per heavy atom. The standard InChI is InChI=1S/C27H27N3O4/c1-16-7-5-10-20-24(16)29-25-21(34-20)15-19(28-11-6-12-30(2)13-14-31)22-23(25)27(33)18-9-4-3-8-17(18)26(22)32/h3-5,7-10,15,21,28,31H,6,11-14H2,1-2H3/p+1. The number of aliphatic hydroxyl groups is 1. The van der Waals surface area contributed by atoms with Crippen molar-refractivity contribution >= 4 is 23.0 Å². The van der Waals surface area contributed by atoms with Crippen LogP contribution in [0.4, 0.5) is 5.69 Å². The first-order valence-electron chi connectivity index (χ1n) is 11.6. The van der Waals surface area contributed by atoms with Crippen LogP contribution in [0.1, 0.15) is 32.7 Å². The Labute approximate surface area is 198 Å². The van der Waals surface area contributed by atoms with Crippen LogP contribution in [0.25, 0.3) is 0 Å². The van der Waals surface area contributed by atoms with Crippen LogP contribution in [0.5, 0.6) is 5.75 Å². The molecule has 0 bridgehead atoms. The molecule has 0 aromatic heterocycles. The predicted octanol–water partition coefficient (Wildman–Crippen LogP) is 1.09. The van der Waals surface area contributed by atoms with E-state index in [9.17, 15) is 9.59 Å². The number of nitrogens with zero attached hydrogens (tertiary/aromatic N) is 1. The van der Waals surface area contributed by atoms with Gasteiger partial charge in [0.25, 0.3) is 0 Å². The maximum atomic E-state index is 13.7. The third-order valence-electron chi connectivity index (χ3n) is 6.52. The number of hydrogen-bond donors (Lipinski definition) is 3. The van der Waals surface area contributed by atoms with Gasteiger partial charge < -0.3 is 20.1 Å². The normalized spacial score (nSPS) is 18.4. The molecule has 0 amide bonds. The van der Waals surface area contributed by atoms with E-state index in [0.717, 1.165) is 24.2 Å². The number of aryl methyl sites for hydroxylation is 1. The maximum Gasteiger partial charge on any atom is 0.249 e. The lowest BCUT2D eigenvalue weighted by molar-refractivity contribution is -0.363. The number of allylic oxidation sites excluding steroid dienone is 1. The third-order valence-corrected chi connectivity index (χ3v) is 6.52. The highest BCUT2D eigenvalue weighted by molar-refractivity contribution is 6.39. The zero-order chi connectivity index (χ0) is 23.8. The van der Waals surface area contributed by atoms with E-state index >= 15 is 0 Å². The molecular weight excluding hydrogens is 430 g/mol. The van der Waals surface area contributed by atoms with Crippen molar-refractivity contribution in [3.05, 3.63) is 82.1 Å². The molecule has 0 saturated heterocycles. The fourth-order valence-corrected chi connectivity index (χ4v) is 4.75. The van der Waals surface area contributed by atoms with E-state index in [1.165, 1.54) is 0 Å². The second kappa shape index (κ2) is 9.00. The highest BCUT2D eigenvalue weighted by atomic mass is 16.5. The van der Waals surface area contributed by atoms with Crippen LogP contribution in [0, 0.1) is 6.92 Å². The Morgan fingerprint density at radius 3 is 2.50 bits per heavy atom. The van der Waals surface area contributed by atoms with Crippen LogP contribution in [0.2, 0.25) is 0 Å². The van der Waals surface area contributed by atoms with Gasteiger partial charge in [0, 0.05) is 35.5 Å². The molecule has 0 radical (unpaired) electrons. The number of carbonyl (C=O) groups excluding carboxylic acids is 2. The van der Waals surface area contributed by atoms with Crippen LogP contribution in [0.15, 0.2) is 65.4 Å². The molecule has 2 aliphatic carbocycles. The number of carbonyl (C=O) groups is 2. The minimum absolute atomic E-state index is 0.118. The molecule has 34 heavy (non-hydrogen) atoms. The van der Waals surface area contributed by atoms with Gasteiger partial charge in [-0.05, 0) is 39.1 Å². The minimum Gasteiger partial charge on any atom is -0.468 e. The average molecular weight is 459 g/mol. The summed E-state index contributed by atoms with van der Waals surface area (Å²) in [7, 11) is 1.96. The quantitative estimate of drug-likeness (QED) is 0.538. The molecule has 2 aromatic carbocycles. The number of likely N-dealkylation sites (N-methyl/N-ethyl adjacent to an activating group) is 1. The monoisotopic (exact) mass is 458 g/mol. The van der Waals surface area contributed by atoms with E-state index in [1.807, 2.05) is 43.1 Å². The molecular formula is C27H28N3O4+. The lowest BCUT2D eigenvalue weighted by Crippen LogP contribution is -2.74. The van der Waals surface area contributed by atoms with Gasteiger partial charge in [0.05, 0.1) is 12.2 Å². The highest BCUT2D eigenvalue weighted by Gasteiger charge is 2.46. The Bertz CT molecular complexity index is 1270. The second-order valence-corrected chi connectivity index (χ2v) is 8.87. The molecule has 2 aromatic rings. The zero-order valence-electron chi connectivity index (χ0n) is 19.4. The summed E-state index contributed by atoms with van der Waals surface area (Å²) in [5, 5.41) is 12.5. The third kappa shape index (κ3) is 3.77. The van der Waals surface area contributed by atoms with Crippen molar-refractivity contribution in [2.24, 2.45) is 0 Å². The number of Topliss-reactive ketones (excluding diaryl/α,β-unsaturated/α-hetero) is 2. The van der Waals surface area contributed by atoms with Gasteiger partial charge in [0.1, 0.15) is 5.57 Å². The number of ether oxygens (including phenoxy) is 1. The number of para-hydroxylation sites is 1. The second-order valence-electron chi connectivity index (χ2n) is 8.87. The van der Waals surface area contributed by atoms with E-state index in [0.29, 0.717) is 52.5 Å². The molecule has 5 rings (SSSR count). The van der Waals surface area contributed by atoms with E-state index in [1.54, 1.807) is 24.3 Å². The summed E-state index contributed by atoms with van der Waals surface area (Å²) in [6.07, 6.45) is 2.20. The smallest absolute Gasteiger partial charge is 0.249 e. The van der Waals surface area contributed by atoms with Gasteiger partial charge in [-0.2, -0.15) is 0 Å². The highest BCUT2D eigenvalue weighted by Crippen LogP contribution is 2.36. The number of fused-ring (bicyclic) bond motifs is 4. The number of hydrogen-bond acceptors (Lipinski definition) is 6. The molecule has 3 aliphatic rings. The number of rotatable bonds is 7. The van der Waals surface area contributed by atoms with E-state index in [4.69, 9.17) is 9.84 Å². The Kier molecular flexibility index (Phi) is 5.89.